The van der Waals surface area contributed by atoms with Crippen molar-refractivity contribution in [2.24, 2.45) is 0 Å². The zero-order valence-electron chi connectivity index (χ0n) is 29.8. The highest BCUT2D eigenvalue weighted by Gasteiger charge is 2.17. The molecular formula is C52H33NOS. The fourth-order valence-corrected chi connectivity index (χ4v) is 9.14. The van der Waals surface area contributed by atoms with Crippen molar-refractivity contribution >= 4 is 81.3 Å². The highest BCUT2D eigenvalue weighted by molar-refractivity contribution is 7.25. The van der Waals surface area contributed by atoms with E-state index in [9.17, 15) is 0 Å². The first-order valence-corrected chi connectivity index (χ1v) is 19.5. The number of anilines is 3. The maximum absolute atomic E-state index is 6.15. The third-order valence-corrected chi connectivity index (χ3v) is 12.0. The molecule has 0 saturated carbocycles. The van der Waals surface area contributed by atoms with Crippen LogP contribution < -0.4 is 4.90 Å². The summed E-state index contributed by atoms with van der Waals surface area (Å²) < 4.78 is 8.75. The van der Waals surface area contributed by atoms with Crippen molar-refractivity contribution in [3.63, 3.8) is 0 Å². The molecule has 0 bridgehead atoms. The number of para-hydroxylation sites is 1. The lowest BCUT2D eigenvalue weighted by Crippen LogP contribution is -2.10. The van der Waals surface area contributed by atoms with Gasteiger partial charge in [-0.2, -0.15) is 0 Å². The van der Waals surface area contributed by atoms with Gasteiger partial charge in [0.15, 0.2) is 0 Å². The second-order valence-corrected chi connectivity index (χ2v) is 15.2. The maximum atomic E-state index is 6.15. The molecule has 0 radical (unpaired) electrons. The number of hydrogen-bond acceptors (Lipinski definition) is 3. The Hall–Kier alpha value is -6.94. The summed E-state index contributed by atoms with van der Waals surface area (Å²) in [6.07, 6.45) is 0. The third-order valence-electron chi connectivity index (χ3n) is 10.9. The van der Waals surface area contributed by atoms with E-state index in [1.54, 1.807) is 0 Å². The molecule has 55 heavy (non-hydrogen) atoms. The summed E-state index contributed by atoms with van der Waals surface area (Å²) in [6, 6.07) is 72.4. The van der Waals surface area contributed by atoms with Crippen molar-refractivity contribution in [1.82, 2.24) is 0 Å². The fraction of sp³-hybridized carbons (Fsp3) is 0. The van der Waals surface area contributed by atoms with Gasteiger partial charge in [-0.15, -0.1) is 11.3 Å². The molecule has 0 atom stereocenters. The predicted molar refractivity (Wildman–Crippen MR) is 235 cm³/mol. The molecule has 2 heterocycles. The molecule has 11 rings (SSSR count). The molecule has 0 spiro atoms. The Morgan fingerprint density at radius 2 is 0.891 bits per heavy atom. The molecule has 0 aliphatic carbocycles. The number of nitrogens with zero attached hydrogens (tertiary/aromatic N) is 1. The van der Waals surface area contributed by atoms with E-state index in [1.807, 2.05) is 23.5 Å². The molecule has 258 valence electrons. The first-order chi connectivity index (χ1) is 27.2. The molecule has 0 aliphatic heterocycles. The summed E-state index contributed by atoms with van der Waals surface area (Å²) in [4.78, 5) is 2.38. The molecule has 0 saturated heterocycles. The van der Waals surface area contributed by atoms with Crippen LogP contribution in [0.1, 0.15) is 0 Å². The number of fused-ring (bicyclic) bond motifs is 7. The Balaban J connectivity index is 0.986. The molecule has 9 aromatic carbocycles. The predicted octanol–water partition coefficient (Wildman–Crippen LogP) is 15.6. The van der Waals surface area contributed by atoms with E-state index in [4.69, 9.17) is 4.42 Å². The largest absolute Gasteiger partial charge is 0.456 e. The summed E-state index contributed by atoms with van der Waals surface area (Å²) >= 11 is 1.85. The monoisotopic (exact) mass is 719 g/mol. The van der Waals surface area contributed by atoms with Gasteiger partial charge in [0.1, 0.15) is 11.2 Å². The first-order valence-electron chi connectivity index (χ1n) is 18.6. The summed E-state index contributed by atoms with van der Waals surface area (Å²) in [5.74, 6) is 0. The van der Waals surface area contributed by atoms with Crippen LogP contribution in [0.15, 0.2) is 205 Å². The van der Waals surface area contributed by atoms with Crippen molar-refractivity contribution < 1.29 is 4.42 Å². The highest BCUT2D eigenvalue weighted by Crippen LogP contribution is 2.42. The molecular weight excluding hydrogens is 687 g/mol. The van der Waals surface area contributed by atoms with Crippen molar-refractivity contribution in [1.29, 1.82) is 0 Å². The van der Waals surface area contributed by atoms with Gasteiger partial charge in [0.25, 0.3) is 0 Å². The Labute approximate surface area is 322 Å². The van der Waals surface area contributed by atoms with Gasteiger partial charge >= 0.3 is 0 Å². The Morgan fingerprint density at radius 1 is 0.309 bits per heavy atom. The van der Waals surface area contributed by atoms with Gasteiger partial charge in [0.2, 0.25) is 0 Å². The summed E-state index contributed by atoms with van der Waals surface area (Å²) in [7, 11) is 0. The highest BCUT2D eigenvalue weighted by atomic mass is 32.1. The molecule has 2 aromatic heterocycles. The van der Waals surface area contributed by atoms with Crippen molar-refractivity contribution in [3.05, 3.63) is 200 Å². The Morgan fingerprint density at radius 3 is 1.75 bits per heavy atom. The van der Waals surface area contributed by atoms with Crippen molar-refractivity contribution in [2.45, 2.75) is 0 Å². The van der Waals surface area contributed by atoms with Gasteiger partial charge in [0, 0.05) is 48.0 Å². The minimum Gasteiger partial charge on any atom is -0.456 e. The average molecular weight is 720 g/mol. The zero-order valence-corrected chi connectivity index (χ0v) is 30.6. The van der Waals surface area contributed by atoms with Gasteiger partial charge in [-0.3, -0.25) is 0 Å². The van der Waals surface area contributed by atoms with E-state index >= 15 is 0 Å². The lowest BCUT2D eigenvalue weighted by atomic mass is 9.98. The number of furan rings is 1. The minimum atomic E-state index is 0.905. The molecule has 0 aliphatic rings. The summed E-state index contributed by atoms with van der Waals surface area (Å²) in [6.45, 7) is 0. The van der Waals surface area contributed by atoms with Crippen molar-refractivity contribution in [2.75, 3.05) is 4.90 Å². The second-order valence-electron chi connectivity index (χ2n) is 14.2. The quantitative estimate of drug-likeness (QED) is 0.170. The van der Waals surface area contributed by atoms with Crippen LogP contribution in [-0.4, -0.2) is 0 Å². The topological polar surface area (TPSA) is 16.4 Å². The molecule has 3 heteroatoms. The lowest BCUT2D eigenvalue weighted by molar-refractivity contribution is 0.669. The van der Waals surface area contributed by atoms with Gasteiger partial charge in [-0.05, 0) is 117 Å². The fourth-order valence-electron chi connectivity index (χ4n) is 8.06. The van der Waals surface area contributed by atoms with E-state index < -0.39 is 0 Å². The van der Waals surface area contributed by atoms with E-state index in [1.165, 1.54) is 53.2 Å². The maximum Gasteiger partial charge on any atom is 0.135 e. The second kappa shape index (κ2) is 12.9. The summed E-state index contributed by atoms with van der Waals surface area (Å²) in [5.41, 5.74) is 12.3. The van der Waals surface area contributed by atoms with Crippen molar-refractivity contribution in [3.8, 4) is 33.4 Å². The SMILES string of the molecule is c1cc(-c2ccc3oc4ccccc4c3c2)cc(N(c2ccc(-c3ccc(-c4ccc5ccccc5c4)cc3)cc2)c2ccc3sc4ccccc4c3c2)c1. The first kappa shape index (κ1) is 31.6. The Bertz CT molecular complexity index is 3210. The lowest BCUT2D eigenvalue weighted by Gasteiger charge is -2.26. The molecule has 2 nitrogen and oxygen atoms in total. The number of thiophene rings is 1. The van der Waals surface area contributed by atoms with Gasteiger partial charge in [0.05, 0.1) is 0 Å². The Kier molecular flexibility index (Phi) is 7.39. The van der Waals surface area contributed by atoms with Crippen LogP contribution in [0.5, 0.6) is 0 Å². The van der Waals surface area contributed by atoms with Crippen LogP contribution >= 0.6 is 11.3 Å². The number of rotatable bonds is 6. The smallest absolute Gasteiger partial charge is 0.135 e. The average Bonchev–Trinajstić information content (AvgIpc) is 3.82. The van der Waals surface area contributed by atoms with Crippen LogP contribution in [0.25, 0.3) is 86.3 Å². The molecule has 0 fully saturated rings. The van der Waals surface area contributed by atoms with E-state index in [0.717, 1.165) is 50.1 Å². The van der Waals surface area contributed by atoms with Gasteiger partial charge < -0.3 is 9.32 Å². The molecule has 0 unspecified atom stereocenters. The normalized spacial score (nSPS) is 11.6. The number of benzene rings is 9. The van der Waals surface area contributed by atoms with Gasteiger partial charge in [-0.25, -0.2) is 0 Å². The standard InChI is InChI=1S/C52H33NOS/c1-2-9-38-30-40(21-20-34(38)8-1)37-18-16-35(17-19-37)36-22-25-42(26-23-36)53(44-27-29-52-48(33-44)46-13-4-6-15-51(46)55-52)43-11-7-10-39(31-43)41-24-28-50-47(32-41)45-12-3-5-14-49(45)54-50/h1-33H. The van der Waals surface area contributed by atoms with E-state index in [2.05, 4.69) is 193 Å². The zero-order chi connectivity index (χ0) is 36.3. The van der Waals surface area contributed by atoms with E-state index in [0.29, 0.717) is 0 Å². The summed E-state index contributed by atoms with van der Waals surface area (Å²) in [5, 5.41) is 7.36. The third kappa shape index (κ3) is 5.56. The van der Waals surface area contributed by atoms with Gasteiger partial charge in [-0.1, -0.05) is 127 Å². The van der Waals surface area contributed by atoms with Crippen LogP contribution in [0.2, 0.25) is 0 Å². The number of hydrogen-bond donors (Lipinski definition) is 0. The minimum absolute atomic E-state index is 0.905. The van der Waals surface area contributed by atoms with Crippen LogP contribution in [0.3, 0.4) is 0 Å². The van der Waals surface area contributed by atoms with Crippen LogP contribution in [-0.2, 0) is 0 Å². The molecule has 0 N–H and O–H groups in total. The molecule has 0 amide bonds. The van der Waals surface area contributed by atoms with Crippen LogP contribution in [0.4, 0.5) is 17.1 Å². The van der Waals surface area contributed by atoms with Crippen LogP contribution in [0, 0.1) is 0 Å². The van der Waals surface area contributed by atoms with E-state index in [-0.39, 0.29) is 0 Å². The molecule has 11 aromatic rings.